The van der Waals surface area contributed by atoms with Gasteiger partial charge in [-0.05, 0) is 35.6 Å². The van der Waals surface area contributed by atoms with Gasteiger partial charge in [-0.1, -0.05) is 63.2 Å². The first-order valence-corrected chi connectivity index (χ1v) is 8.50. The monoisotopic (exact) mass is 338 g/mol. The van der Waals surface area contributed by atoms with Crippen molar-refractivity contribution < 1.29 is 9.59 Å². The van der Waals surface area contributed by atoms with Gasteiger partial charge in [0.05, 0.1) is 6.04 Å². The quantitative estimate of drug-likeness (QED) is 0.803. The van der Waals surface area contributed by atoms with Crippen molar-refractivity contribution in [3.8, 4) is 0 Å². The Labute approximate surface area is 149 Å². The molecule has 2 aromatic rings. The van der Waals surface area contributed by atoms with E-state index < -0.39 is 0 Å². The van der Waals surface area contributed by atoms with Gasteiger partial charge in [0.1, 0.15) is 6.42 Å². The van der Waals surface area contributed by atoms with E-state index >= 15 is 0 Å². The summed E-state index contributed by atoms with van der Waals surface area (Å²) < 4.78 is 0. The van der Waals surface area contributed by atoms with E-state index in [1.165, 1.54) is 5.56 Å². The van der Waals surface area contributed by atoms with E-state index in [1.54, 1.807) is 0 Å². The van der Waals surface area contributed by atoms with Crippen molar-refractivity contribution >= 4 is 17.5 Å². The first-order valence-electron chi connectivity index (χ1n) is 8.50. The van der Waals surface area contributed by atoms with Crippen molar-refractivity contribution in [1.29, 1.82) is 0 Å². The Morgan fingerprint density at radius 1 is 0.920 bits per heavy atom. The number of amides is 2. The highest BCUT2D eigenvalue weighted by Crippen LogP contribution is 2.23. The topological polar surface area (TPSA) is 58.2 Å². The van der Waals surface area contributed by atoms with Crippen molar-refractivity contribution in [2.75, 3.05) is 5.32 Å². The Morgan fingerprint density at radius 2 is 1.52 bits per heavy atom. The molecule has 132 valence electrons. The summed E-state index contributed by atoms with van der Waals surface area (Å²) in [6, 6.07) is 17.2. The molecule has 0 aromatic heterocycles. The third-order valence-corrected chi connectivity index (χ3v) is 4.03. The molecule has 0 radical (unpaired) electrons. The van der Waals surface area contributed by atoms with Crippen molar-refractivity contribution in [3.63, 3.8) is 0 Å². The zero-order valence-corrected chi connectivity index (χ0v) is 15.3. The highest BCUT2D eigenvalue weighted by atomic mass is 16.2. The zero-order valence-electron chi connectivity index (χ0n) is 15.3. The van der Waals surface area contributed by atoms with Crippen LogP contribution in [-0.2, 0) is 15.0 Å². The predicted octanol–water partition coefficient (Wildman–Crippen LogP) is 4.19. The Bertz CT molecular complexity index is 716. The largest absolute Gasteiger partial charge is 0.349 e. The number of benzene rings is 2. The molecule has 1 atom stereocenters. The van der Waals surface area contributed by atoms with Gasteiger partial charge in [-0.3, -0.25) is 9.59 Å². The van der Waals surface area contributed by atoms with Crippen LogP contribution in [0.4, 0.5) is 5.69 Å². The van der Waals surface area contributed by atoms with Crippen LogP contribution in [0, 0.1) is 0 Å². The summed E-state index contributed by atoms with van der Waals surface area (Å²) >= 11 is 0. The lowest BCUT2D eigenvalue weighted by Gasteiger charge is -2.19. The molecule has 2 rings (SSSR count). The first-order chi connectivity index (χ1) is 11.8. The molecule has 4 nitrogen and oxygen atoms in total. The molecule has 0 aliphatic rings. The van der Waals surface area contributed by atoms with Gasteiger partial charge in [0.25, 0.3) is 0 Å². The number of nitrogens with one attached hydrogen (secondary N) is 2. The maximum Gasteiger partial charge on any atom is 0.233 e. The van der Waals surface area contributed by atoms with Crippen LogP contribution in [0.25, 0.3) is 0 Å². The number of hydrogen-bond acceptors (Lipinski definition) is 2. The summed E-state index contributed by atoms with van der Waals surface area (Å²) in [5.41, 5.74) is 2.96. The molecule has 0 spiro atoms. The zero-order chi connectivity index (χ0) is 18.4. The maximum absolute atomic E-state index is 12.1. The standard InChI is InChI=1S/C21H26N2O2/c1-15(16-8-6-5-7-9-16)22-19(24)14-20(25)23-18-12-10-17(11-13-18)21(2,3)4/h5-13,15H,14H2,1-4H3,(H,22,24)(H,23,25). The highest BCUT2D eigenvalue weighted by Gasteiger charge is 2.15. The van der Waals surface area contributed by atoms with Crippen molar-refractivity contribution in [1.82, 2.24) is 5.32 Å². The molecule has 0 heterocycles. The van der Waals surface area contributed by atoms with E-state index in [0.717, 1.165) is 5.56 Å². The van der Waals surface area contributed by atoms with Gasteiger partial charge in [0.2, 0.25) is 11.8 Å². The lowest BCUT2D eigenvalue weighted by atomic mass is 9.87. The fourth-order valence-corrected chi connectivity index (χ4v) is 2.52. The van der Waals surface area contributed by atoms with Crippen molar-refractivity contribution in [3.05, 3.63) is 65.7 Å². The summed E-state index contributed by atoms with van der Waals surface area (Å²) in [6.45, 7) is 8.31. The SMILES string of the molecule is CC(NC(=O)CC(=O)Nc1ccc(C(C)(C)C)cc1)c1ccccc1. The summed E-state index contributed by atoms with van der Waals surface area (Å²) in [6.07, 6.45) is -0.196. The molecular formula is C21H26N2O2. The average molecular weight is 338 g/mol. The van der Waals surface area contributed by atoms with Gasteiger partial charge < -0.3 is 10.6 Å². The fourth-order valence-electron chi connectivity index (χ4n) is 2.52. The lowest BCUT2D eigenvalue weighted by molar-refractivity contribution is -0.127. The van der Waals surface area contributed by atoms with Crippen LogP contribution in [-0.4, -0.2) is 11.8 Å². The third kappa shape index (κ3) is 5.75. The summed E-state index contributed by atoms with van der Waals surface area (Å²) in [5, 5.41) is 5.61. The second-order valence-corrected chi connectivity index (χ2v) is 7.25. The van der Waals surface area contributed by atoms with Crippen LogP contribution >= 0.6 is 0 Å². The molecule has 0 aliphatic carbocycles. The maximum atomic E-state index is 12.1. The highest BCUT2D eigenvalue weighted by molar-refractivity contribution is 6.03. The Morgan fingerprint density at radius 3 is 2.08 bits per heavy atom. The fraction of sp³-hybridized carbons (Fsp3) is 0.333. The predicted molar refractivity (Wildman–Crippen MR) is 101 cm³/mol. The van der Waals surface area contributed by atoms with Crippen molar-refractivity contribution in [2.24, 2.45) is 0 Å². The Hall–Kier alpha value is -2.62. The van der Waals surface area contributed by atoms with E-state index in [1.807, 2.05) is 61.5 Å². The minimum atomic E-state index is -0.318. The van der Waals surface area contributed by atoms with Crippen LogP contribution in [0.1, 0.15) is 51.3 Å². The number of hydrogen-bond donors (Lipinski definition) is 2. The average Bonchev–Trinajstić information content (AvgIpc) is 2.55. The Kier molecular flexibility index (Phi) is 5.97. The van der Waals surface area contributed by atoms with Gasteiger partial charge in [-0.2, -0.15) is 0 Å². The molecule has 25 heavy (non-hydrogen) atoms. The summed E-state index contributed by atoms with van der Waals surface area (Å²) in [4.78, 5) is 24.1. The summed E-state index contributed by atoms with van der Waals surface area (Å²) in [5.74, 6) is -0.610. The van der Waals surface area contributed by atoms with E-state index in [0.29, 0.717) is 5.69 Å². The smallest absolute Gasteiger partial charge is 0.233 e. The molecule has 2 amide bonds. The van der Waals surface area contributed by atoms with E-state index in [-0.39, 0.29) is 29.7 Å². The van der Waals surface area contributed by atoms with Gasteiger partial charge >= 0.3 is 0 Å². The molecule has 1 unspecified atom stereocenters. The number of carbonyl (C=O) groups excluding carboxylic acids is 2. The van der Waals surface area contributed by atoms with Crippen LogP contribution in [0.5, 0.6) is 0 Å². The van der Waals surface area contributed by atoms with Gasteiger partial charge in [-0.25, -0.2) is 0 Å². The number of rotatable bonds is 5. The minimum Gasteiger partial charge on any atom is -0.349 e. The van der Waals surface area contributed by atoms with Crippen molar-refractivity contribution in [2.45, 2.75) is 45.6 Å². The lowest BCUT2D eigenvalue weighted by Crippen LogP contribution is -2.30. The molecule has 0 fully saturated rings. The first kappa shape index (κ1) is 18.7. The number of carbonyl (C=O) groups is 2. The molecule has 0 aliphatic heterocycles. The van der Waals surface area contributed by atoms with E-state index in [4.69, 9.17) is 0 Å². The molecule has 0 bridgehead atoms. The minimum absolute atomic E-state index is 0.0655. The van der Waals surface area contributed by atoms with Gasteiger partial charge in [0.15, 0.2) is 0 Å². The van der Waals surface area contributed by atoms with E-state index in [2.05, 4.69) is 31.4 Å². The molecular weight excluding hydrogens is 312 g/mol. The summed E-state index contributed by atoms with van der Waals surface area (Å²) in [7, 11) is 0. The van der Waals surface area contributed by atoms with Crippen LogP contribution in [0.3, 0.4) is 0 Å². The second kappa shape index (κ2) is 7.97. The molecule has 2 N–H and O–H groups in total. The molecule has 4 heteroatoms. The van der Waals surface area contributed by atoms with Gasteiger partial charge in [0, 0.05) is 5.69 Å². The van der Waals surface area contributed by atoms with Crippen LogP contribution < -0.4 is 10.6 Å². The second-order valence-electron chi connectivity index (χ2n) is 7.25. The Balaban J connectivity index is 1.86. The normalized spacial score (nSPS) is 12.3. The number of anilines is 1. The van der Waals surface area contributed by atoms with Crippen LogP contribution in [0.15, 0.2) is 54.6 Å². The molecule has 0 saturated heterocycles. The van der Waals surface area contributed by atoms with Crippen LogP contribution in [0.2, 0.25) is 0 Å². The van der Waals surface area contributed by atoms with E-state index in [9.17, 15) is 9.59 Å². The molecule has 2 aromatic carbocycles. The van der Waals surface area contributed by atoms with Gasteiger partial charge in [-0.15, -0.1) is 0 Å². The molecule has 0 saturated carbocycles. The third-order valence-electron chi connectivity index (χ3n) is 4.03.